The second-order valence-corrected chi connectivity index (χ2v) is 5.63. The van der Waals surface area contributed by atoms with Gasteiger partial charge in [0.2, 0.25) is 5.91 Å². The average Bonchev–Trinajstić information content (AvgIpc) is 2.82. The lowest BCUT2D eigenvalue weighted by Crippen LogP contribution is -2.42. The van der Waals surface area contributed by atoms with Crippen LogP contribution in [0.1, 0.15) is 32.6 Å². The van der Waals surface area contributed by atoms with Gasteiger partial charge in [-0.3, -0.25) is 4.79 Å². The molecule has 1 amide bonds. The van der Waals surface area contributed by atoms with Crippen molar-refractivity contribution in [2.75, 3.05) is 19.8 Å². The quantitative estimate of drug-likeness (QED) is 0.770. The summed E-state index contributed by atoms with van der Waals surface area (Å²) < 4.78 is 5.29. The summed E-state index contributed by atoms with van der Waals surface area (Å²) in [4.78, 5) is 12.0. The average molecular weight is 240 g/mol. The molecule has 0 aromatic carbocycles. The van der Waals surface area contributed by atoms with E-state index in [4.69, 9.17) is 10.5 Å². The molecule has 1 heterocycles. The number of carbonyl (C=O) groups is 1. The Morgan fingerprint density at radius 1 is 1.41 bits per heavy atom. The Labute approximate surface area is 103 Å². The van der Waals surface area contributed by atoms with Crippen molar-refractivity contribution in [2.45, 2.75) is 38.6 Å². The molecule has 2 rings (SSSR count). The van der Waals surface area contributed by atoms with Crippen molar-refractivity contribution in [3.63, 3.8) is 0 Å². The molecule has 1 aliphatic heterocycles. The lowest BCUT2D eigenvalue weighted by Gasteiger charge is -2.31. The molecule has 0 aromatic rings. The van der Waals surface area contributed by atoms with E-state index in [1.165, 1.54) is 0 Å². The van der Waals surface area contributed by atoms with Gasteiger partial charge in [0.1, 0.15) is 0 Å². The minimum absolute atomic E-state index is 0.128. The molecule has 0 radical (unpaired) electrons. The van der Waals surface area contributed by atoms with Crippen molar-refractivity contribution in [3.05, 3.63) is 0 Å². The molecule has 0 bridgehead atoms. The maximum Gasteiger partial charge on any atom is 0.223 e. The summed E-state index contributed by atoms with van der Waals surface area (Å²) in [7, 11) is 0. The Balaban J connectivity index is 1.72. The maximum absolute atomic E-state index is 12.0. The number of nitrogens with one attached hydrogen (secondary N) is 1. The summed E-state index contributed by atoms with van der Waals surface area (Å²) in [6.07, 6.45) is 3.98. The first-order valence-corrected chi connectivity index (χ1v) is 6.78. The first kappa shape index (κ1) is 12.8. The second-order valence-electron chi connectivity index (χ2n) is 5.63. The molecule has 4 nitrogen and oxygen atoms in total. The van der Waals surface area contributed by atoms with Gasteiger partial charge in [0.05, 0.1) is 6.61 Å². The third-order valence-corrected chi connectivity index (χ3v) is 4.22. The molecule has 0 aromatic heterocycles. The van der Waals surface area contributed by atoms with Gasteiger partial charge in [0.15, 0.2) is 0 Å². The van der Waals surface area contributed by atoms with Crippen LogP contribution in [0.15, 0.2) is 0 Å². The molecular formula is C13H24N2O2. The third kappa shape index (κ3) is 3.42. The van der Waals surface area contributed by atoms with Crippen LogP contribution in [0.5, 0.6) is 0 Å². The van der Waals surface area contributed by atoms with E-state index < -0.39 is 0 Å². The zero-order valence-electron chi connectivity index (χ0n) is 10.7. The molecule has 3 N–H and O–H groups in total. The summed E-state index contributed by atoms with van der Waals surface area (Å²) >= 11 is 0. The van der Waals surface area contributed by atoms with E-state index in [1.807, 2.05) is 0 Å². The largest absolute Gasteiger partial charge is 0.381 e. The van der Waals surface area contributed by atoms with Crippen LogP contribution in [0.25, 0.3) is 0 Å². The van der Waals surface area contributed by atoms with Gasteiger partial charge in [-0.15, -0.1) is 0 Å². The fourth-order valence-corrected chi connectivity index (χ4v) is 2.73. The fraction of sp³-hybridized carbons (Fsp3) is 0.923. The number of carbonyl (C=O) groups excluding carboxylic acids is 1. The van der Waals surface area contributed by atoms with E-state index in [-0.39, 0.29) is 17.9 Å². The Kier molecular flexibility index (Phi) is 4.40. The van der Waals surface area contributed by atoms with Crippen molar-refractivity contribution < 1.29 is 9.53 Å². The predicted octanol–water partition coefficient (Wildman–Crippen LogP) is 0.903. The Morgan fingerprint density at radius 3 is 2.88 bits per heavy atom. The van der Waals surface area contributed by atoms with Crippen LogP contribution in [0.2, 0.25) is 0 Å². The number of nitrogens with two attached hydrogens (primary N) is 1. The van der Waals surface area contributed by atoms with E-state index in [0.717, 1.165) is 45.4 Å². The first-order chi connectivity index (χ1) is 8.16. The van der Waals surface area contributed by atoms with Gasteiger partial charge in [-0.25, -0.2) is 0 Å². The van der Waals surface area contributed by atoms with Crippen LogP contribution in [-0.2, 0) is 9.53 Å². The normalized spacial score (nSPS) is 38.0. The molecule has 4 atom stereocenters. The van der Waals surface area contributed by atoms with Gasteiger partial charge in [0.25, 0.3) is 0 Å². The van der Waals surface area contributed by atoms with E-state index >= 15 is 0 Å². The van der Waals surface area contributed by atoms with E-state index in [1.54, 1.807) is 0 Å². The first-order valence-electron chi connectivity index (χ1n) is 6.78. The van der Waals surface area contributed by atoms with Crippen LogP contribution >= 0.6 is 0 Å². The van der Waals surface area contributed by atoms with E-state index in [9.17, 15) is 4.79 Å². The van der Waals surface area contributed by atoms with Crippen LogP contribution in [0.4, 0.5) is 0 Å². The lowest BCUT2D eigenvalue weighted by atomic mass is 9.79. The molecular weight excluding hydrogens is 216 g/mol. The molecule has 1 saturated heterocycles. The highest BCUT2D eigenvalue weighted by Gasteiger charge is 2.29. The highest BCUT2D eigenvalue weighted by Crippen LogP contribution is 2.27. The molecule has 17 heavy (non-hydrogen) atoms. The summed E-state index contributed by atoms with van der Waals surface area (Å²) in [6, 6.07) is 0.189. The highest BCUT2D eigenvalue weighted by molar-refractivity contribution is 5.78. The van der Waals surface area contributed by atoms with Gasteiger partial charge in [-0.1, -0.05) is 6.92 Å². The molecule has 2 fully saturated rings. The van der Waals surface area contributed by atoms with Crippen LogP contribution < -0.4 is 11.1 Å². The molecule has 0 spiro atoms. The zero-order valence-corrected chi connectivity index (χ0v) is 10.7. The van der Waals surface area contributed by atoms with Gasteiger partial charge < -0.3 is 15.8 Å². The summed E-state index contributed by atoms with van der Waals surface area (Å²) in [5.41, 5.74) is 6.02. The topological polar surface area (TPSA) is 64.3 Å². The van der Waals surface area contributed by atoms with Crippen molar-refractivity contribution >= 4 is 5.91 Å². The lowest BCUT2D eigenvalue weighted by molar-refractivity contribution is -0.126. The second kappa shape index (κ2) is 5.83. The van der Waals surface area contributed by atoms with Gasteiger partial charge >= 0.3 is 0 Å². The SMILES string of the molecule is CC1CCC(C(=O)NCC2CCOC2)CC1N. The fourth-order valence-electron chi connectivity index (χ4n) is 2.73. The maximum atomic E-state index is 12.0. The molecule has 1 saturated carbocycles. The van der Waals surface area contributed by atoms with Gasteiger partial charge in [-0.2, -0.15) is 0 Å². The molecule has 98 valence electrons. The third-order valence-electron chi connectivity index (χ3n) is 4.22. The summed E-state index contributed by atoms with van der Waals surface area (Å²) in [5.74, 6) is 1.39. The zero-order chi connectivity index (χ0) is 12.3. The number of rotatable bonds is 3. The van der Waals surface area contributed by atoms with Crippen LogP contribution in [0, 0.1) is 17.8 Å². The van der Waals surface area contributed by atoms with Crippen molar-refractivity contribution in [1.29, 1.82) is 0 Å². The Bertz CT molecular complexity index is 264. The predicted molar refractivity (Wildman–Crippen MR) is 66.4 cm³/mol. The monoisotopic (exact) mass is 240 g/mol. The van der Waals surface area contributed by atoms with Crippen molar-refractivity contribution in [1.82, 2.24) is 5.32 Å². The minimum atomic E-state index is 0.128. The number of amides is 1. The standard InChI is InChI=1S/C13H24N2O2/c1-9-2-3-11(6-12(9)14)13(16)15-7-10-4-5-17-8-10/h9-12H,2-8,14H2,1H3,(H,15,16). The summed E-state index contributed by atoms with van der Waals surface area (Å²) in [5, 5.41) is 3.06. The van der Waals surface area contributed by atoms with E-state index in [2.05, 4.69) is 12.2 Å². The number of hydrogen-bond donors (Lipinski definition) is 2. The number of hydrogen-bond acceptors (Lipinski definition) is 3. The molecule has 4 heteroatoms. The molecule has 1 aliphatic carbocycles. The van der Waals surface area contributed by atoms with Crippen molar-refractivity contribution in [2.24, 2.45) is 23.5 Å². The molecule has 4 unspecified atom stereocenters. The minimum Gasteiger partial charge on any atom is -0.381 e. The van der Waals surface area contributed by atoms with Crippen LogP contribution in [-0.4, -0.2) is 31.7 Å². The van der Waals surface area contributed by atoms with Gasteiger partial charge in [-0.05, 0) is 31.6 Å². The van der Waals surface area contributed by atoms with Gasteiger partial charge in [0, 0.05) is 31.0 Å². The Hall–Kier alpha value is -0.610. The van der Waals surface area contributed by atoms with Crippen LogP contribution in [0.3, 0.4) is 0 Å². The molecule has 2 aliphatic rings. The smallest absolute Gasteiger partial charge is 0.223 e. The van der Waals surface area contributed by atoms with Crippen molar-refractivity contribution in [3.8, 4) is 0 Å². The number of ether oxygens (including phenoxy) is 1. The summed E-state index contributed by atoms with van der Waals surface area (Å²) in [6.45, 7) is 4.57. The highest BCUT2D eigenvalue weighted by atomic mass is 16.5. The van der Waals surface area contributed by atoms with E-state index in [0.29, 0.717) is 11.8 Å². The Morgan fingerprint density at radius 2 is 2.24 bits per heavy atom.